The minimum atomic E-state index is -5.10. The van der Waals surface area contributed by atoms with Crippen LogP contribution >= 0.6 is 46.9 Å². The molecule has 21 rings (SSSR count). The van der Waals surface area contributed by atoms with E-state index in [0.717, 1.165) is 28.1 Å². The second-order valence-corrected chi connectivity index (χ2v) is 39.3. The summed E-state index contributed by atoms with van der Waals surface area (Å²) in [5.41, 5.74) is 30.4. The van der Waals surface area contributed by atoms with Crippen LogP contribution in [0.1, 0.15) is 48.8 Å². The summed E-state index contributed by atoms with van der Waals surface area (Å²) in [6.45, 7) is -4.31. The van der Waals surface area contributed by atoms with Gasteiger partial charge in [-0.15, -0.1) is 0 Å². The quantitative estimate of drug-likeness (QED) is 0.0572. The Balaban J connectivity index is 0.000000129. The van der Waals surface area contributed by atoms with Gasteiger partial charge in [-0.1, -0.05) is 6.07 Å². The van der Waals surface area contributed by atoms with Gasteiger partial charge in [-0.05, 0) is 24.3 Å². The Bertz CT molecular complexity index is 6900. The monoisotopic (exact) mass is 1990 g/mol. The number of anilines is 5. The van der Waals surface area contributed by atoms with Crippen molar-refractivity contribution >= 4 is 137 Å². The summed E-state index contributed by atoms with van der Waals surface area (Å²) < 4.78 is 183. The Kier molecular flexibility index (Phi) is 24.5. The molecule has 20 heterocycles. The third kappa shape index (κ3) is 18.0. The number of phosphoric ester groups is 6. The predicted octanol–water partition coefficient (Wildman–Crippen LogP) is -3.33. The maximum Gasteiger partial charge on any atom is 0.472 e. The minimum absolute atomic E-state index is 0.0169. The van der Waals surface area contributed by atoms with Crippen LogP contribution in [-0.4, -0.2) is 298 Å². The number of nitrogens with zero attached hydrogens (tertiary/aromatic N) is 16. The molecular formula is C65H76N24O38P6. The van der Waals surface area contributed by atoms with E-state index in [1.165, 1.54) is 51.1 Å². The number of rotatable bonds is 6. The van der Waals surface area contributed by atoms with Crippen LogP contribution in [-0.2, 0) is 117 Å². The third-order valence-corrected chi connectivity index (χ3v) is 28.4. The number of imidazole rings is 5. The zero-order valence-electron chi connectivity index (χ0n) is 67.1. The fourth-order valence-electron chi connectivity index (χ4n) is 16.4. The largest absolute Gasteiger partial charge is 0.472 e. The van der Waals surface area contributed by atoms with Gasteiger partial charge < -0.3 is 122 Å². The highest BCUT2D eigenvalue weighted by Crippen LogP contribution is 2.59. The number of ether oxygens (including phenoxy) is 6. The van der Waals surface area contributed by atoms with Gasteiger partial charge in [0.1, 0.15) is 115 Å². The van der Waals surface area contributed by atoms with Crippen LogP contribution in [0.2, 0.25) is 0 Å². The van der Waals surface area contributed by atoms with Crippen molar-refractivity contribution in [3.05, 3.63) is 123 Å². The molecule has 1 aromatic carbocycles. The first-order valence-corrected chi connectivity index (χ1v) is 48.3. The van der Waals surface area contributed by atoms with Gasteiger partial charge in [-0.2, -0.15) is 9.97 Å². The third-order valence-electron chi connectivity index (χ3n) is 22.5. The van der Waals surface area contributed by atoms with Crippen molar-refractivity contribution < 1.29 is 165 Å². The number of para-hydroxylation sites is 1. The van der Waals surface area contributed by atoms with Crippen LogP contribution in [0.3, 0.4) is 0 Å². The summed E-state index contributed by atoms with van der Waals surface area (Å²) in [7, 11) is -30.0. The van der Waals surface area contributed by atoms with Gasteiger partial charge in [-0.25, -0.2) is 62.3 Å². The number of aromatic nitrogens is 18. The van der Waals surface area contributed by atoms with Crippen LogP contribution in [0.15, 0.2) is 100 Å². The van der Waals surface area contributed by atoms with Gasteiger partial charge in [0, 0.05) is 30.1 Å². The molecule has 29 atom stereocenters. The molecule has 24 N–H and O–H groups in total. The predicted molar refractivity (Wildman–Crippen MR) is 435 cm³/mol. The van der Waals surface area contributed by atoms with E-state index in [2.05, 4.69) is 69.8 Å². The molecule has 714 valence electrons. The number of aliphatic hydroxyl groups is 5. The smallest absolute Gasteiger partial charge is 0.398 e. The standard InChI is InChI=1S/2C22H26N8O13P2.C21H24N8O12P2/c23-8-1-2-25-11-7(8)3-26-12(11)17-15(32)16-10(40-17)5-39-45(36,37)43-18-14(31)9(4-38-44(34,35)42-16)41-21(18)30-6-27-13-19(30)28-22(24)29-20(13)33;23-8-2-1-3-9-12(8)25-6-29(9)20-15(32)16-11(41-20)5-39-45(36,37)43-17-14(31)10(4-38-44(34,35)42-16)40-21(17)30-7-26-13-18(30)27-22(24)28-19(13)33;22-10-1-2-23-17-13(10)26-7-29(17)21-15(30)16-12(39-21)5-37-42(32,33)40-11-3-9(4-36-43(34,35)41-16)38-20(11)28-8-27-14-18(28)24-6-25-19(14)31/h1-2,6,9-10,14-18,21,31-32H,3-5H2,(H2,23,25)(H,34,35)(H,36,37)(H3,24,28,29,33);1-3,6-7,10-11,14-17,20-21,31-32H,4-5,23H2,(H,34,35)(H,36,37)(H3,24,27,28,33);1-2,6-9,11-12,15-16,20-21,30H,3-5H2,(H2,22,23)(H,32,33)(H,34,35)(H,24,25,31)/t9-,10-,14-,15-,16-,17+,18-,21-;10-,11-,14-,15-,16-,17-,20-,21-;9-,11+,12+,15+,16+,20+,21+/m110/s1. The number of phosphoric acid groups is 6. The van der Waals surface area contributed by atoms with Gasteiger partial charge in [0.2, 0.25) is 11.9 Å². The van der Waals surface area contributed by atoms with Crippen molar-refractivity contribution in [2.75, 3.05) is 68.3 Å². The lowest BCUT2D eigenvalue weighted by atomic mass is 10.0. The Morgan fingerprint density at radius 2 is 0.789 bits per heavy atom. The van der Waals surface area contributed by atoms with Crippen molar-refractivity contribution in [2.45, 2.75) is 154 Å². The maximum atomic E-state index is 13.2. The molecule has 10 aliphatic rings. The Morgan fingerprint density at radius 3 is 1.34 bits per heavy atom. The number of nitrogen functional groups attached to an aromatic ring is 5. The first-order chi connectivity index (χ1) is 63.1. The second-order valence-electron chi connectivity index (χ2n) is 30.9. The van der Waals surface area contributed by atoms with Gasteiger partial charge in [-0.3, -0.25) is 107 Å². The van der Waals surface area contributed by atoms with Crippen molar-refractivity contribution in [1.82, 2.24) is 87.6 Å². The average Bonchev–Trinajstić information content (AvgIpc) is 1.63. The number of pyridine rings is 2. The van der Waals surface area contributed by atoms with E-state index in [1.54, 1.807) is 24.3 Å². The number of fused-ring (bicyclic) bond motifs is 15. The molecule has 6 bridgehead atoms. The molecule has 6 unspecified atom stereocenters. The first kappa shape index (κ1) is 92.5. The van der Waals surface area contributed by atoms with Crippen molar-refractivity contribution in [3.63, 3.8) is 0 Å². The number of aliphatic hydroxyl groups excluding tert-OH is 5. The molecule has 0 spiro atoms. The normalized spacial score (nSPS) is 37.8. The number of aliphatic imine (C=N–C) groups is 1. The zero-order valence-corrected chi connectivity index (χ0v) is 72.5. The van der Waals surface area contributed by atoms with Crippen LogP contribution in [0, 0.1) is 0 Å². The van der Waals surface area contributed by atoms with Crippen LogP contribution < -0.4 is 45.3 Å². The van der Waals surface area contributed by atoms with Crippen LogP contribution in [0.5, 0.6) is 0 Å². The number of nitrogens with two attached hydrogens (primary N) is 5. The van der Waals surface area contributed by atoms with E-state index in [-0.39, 0.29) is 69.7 Å². The van der Waals surface area contributed by atoms with Crippen LogP contribution in [0.25, 0.3) is 55.7 Å². The summed E-state index contributed by atoms with van der Waals surface area (Å²) in [5.74, 6) is -0.555. The van der Waals surface area contributed by atoms with E-state index in [1.807, 2.05) is 0 Å². The van der Waals surface area contributed by atoms with Gasteiger partial charge in [0.15, 0.2) is 70.3 Å². The number of nitrogens with one attached hydrogen (secondary N) is 3. The molecule has 133 heavy (non-hydrogen) atoms. The maximum absolute atomic E-state index is 13.2. The van der Waals surface area contributed by atoms with Crippen molar-refractivity contribution in [2.24, 2.45) is 4.99 Å². The van der Waals surface area contributed by atoms with Gasteiger partial charge >= 0.3 is 46.9 Å². The molecule has 62 nitrogen and oxygen atoms in total. The second kappa shape index (κ2) is 35.2. The molecule has 0 radical (unpaired) electrons. The summed E-state index contributed by atoms with van der Waals surface area (Å²) in [5, 5.41) is 55.5. The summed E-state index contributed by atoms with van der Waals surface area (Å²) in [6.07, 6.45) is -24.0. The topological polar surface area (TPSA) is 886 Å². The number of hydrogen-bond donors (Lipinski definition) is 19. The molecule has 68 heteroatoms. The minimum Gasteiger partial charge on any atom is -0.398 e. The number of H-pyrrole nitrogens is 3. The molecule has 0 aliphatic carbocycles. The van der Waals surface area contributed by atoms with Gasteiger partial charge in [0.25, 0.3) is 16.7 Å². The highest BCUT2D eigenvalue weighted by molar-refractivity contribution is 7.48. The summed E-state index contributed by atoms with van der Waals surface area (Å²) >= 11 is 0. The number of hydrogen-bond acceptors (Lipinski definition) is 48. The van der Waals surface area contributed by atoms with Gasteiger partial charge in [0.05, 0.1) is 119 Å². The Hall–Kier alpha value is -9.60. The molecule has 9 saturated heterocycles. The Labute approximate surface area is 737 Å². The fraction of sp³-hybridized carbons (Fsp3) is 0.477. The van der Waals surface area contributed by atoms with E-state index in [9.17, 15) is 96.7 Å². The molecule has 11 aromatic rings. The van der Waals surface area contributed by atoms with Crippen molar-refractivity contribution in [1.29, 1.82) is 0 Å². The van der Waals surface area contributed by atoms with E-state index in [4.69, 9.17) is 111 Å². The lowest BCUT2D eigenvalue weighted by molar-refractivity contribution is -0.0672. The average molecular weight is 1990 g/mol. The first-order valence-electron chi connectivity index (χ1n) is 39.3. The van der Waals surface area contributed by atoms with E-state index < -0.39 is 244 Å². The highest BCUT2D eigenvalue weighted by atomic mass is 31.2. The molecule has 0 amide bonds. The number of aromatic amines is 3. The summed E-state index contributed by atoms with van der Waals surface area (Å²) in [6, 6.07) is 8.02. The molecular weight excluding hydrogens is 1910 g/mol. The molecule has 0 saturated carbocycles. The molecule has 9 fully saturated rings. The Morgan fingerprint density at radius 1 is 0.376 bits per heavy atom. The molecule has 10 aliphatic heterocycles. The lowest BCUT2D eigenvalue weighted by Crippen LogP contribution is -2.39. The number of benzene rings is 1. The fourth-order valence-corrected chi connectivity index (χ4v) is 22.1. The van der Waals surface area contributed by atoms with Crippen LogP contribution in [0.4, 0.5) is 29.0 Å². The van der Waals surface area contributed by atoms with E-state index in [0.29, 0.717) is 44.9 Å². The van der Waals surface area contributed by atoms with E-state index >= 15 is 0 Å². The zero-order chi connectivity index (χ0) is 93.8. The summed E-state index contributed by atoms with van der Waals surface area (Å²) in [4.78, 5) is 153. The van der Waals surface area contributed by atoms with Crippen molar-refractivity contribution in [3.8, 4) is 0 Å². The lowest BCUT2D eigenvalue weighted by Gasteiger charge is -2.25. The highest BCUT2D eigenvalue weighted by Gasteiger charge is 2.59. The molecule has 10 aromatic heterocycles. The SMILES string of the molecule is Nc1ccnc2c1ncn2[C@@H]1O[C@@H]2COP(=O)(O)O[C@@H]3C[C@@H](COP(=O)(O)O[C@H]2[C@H]1O)O[C@H]3n1cnc2c(=O)[nH]cnc21.Nc1nc2c(ncn2[C@@H]2O[C@@H]3COP(=O)(O)O[C@H]4[C@@H](O)[C@H](C5=NCc6c(N)ccnc65)O[C@@H]4COP(=O)(O)O[C@@H]2[C@@H]3O)c(=O)[nH]1.Nc1nc2c(ncn2[C@@H]2O[C@@H]3COP(=O)(O)O[C@H]4[C@@H](O)[C@H](n5cnc6c(N)cccc65)O[C@@H]4COP(=O)(O)O[C@@H]2[C@@H]3O)c(=O)[nH]1.